The minimum atomic E-state index is -2.36. The molecule has 0 aliphatic carbocycles. The SMILES string of the molecule is Cc1ccccc1OC(=O)/N=N/C(=O)O[Si](CC(C)C)(CC(C)C)CC(C)C. The van der Waals surface area contributed by atoms with Crippen molar-refractivity contribution in [2.75, 3.05) is 0 Å². The van der Waals surface area contributed by atoms with Crippen molar-refractivity contribution < 1.29 is 18.8 Å². The topological polar surface area (TPSA) is 77.3 Å². The van der Waals surface area contributed by atoms with E-state index < -0.39 is 20.5 Å². The van der Waals surface area contributed by atoms with Gasteiger partial charge in [0.2, 0.25) is 0 Å². The van der Waals surface area contributed by atoms with Gasteiger partial charge in [0, 0.05) is 0 Å². The molecule has 7 heteroatoms. The molecule has 28 heavy (non-hydrogen) atoms. The van der Waals surface area contributed by atoms with Gasteiger partial charge in [-0.15, -0.1) is 0 Å². The number of hydrogen-bond acceptors (Lipinski definition) is 4. The van der Waals surface area contributed by atoms with Crippen LogP contribution in [0.3, 0.4) is 0 Å². The summed E-state index contributed by atoms with van der Waals surface area (Å²) in [7, 11) is -2.36. The molecule has 0 bridgehead atoms. The highest BCUT2D eigenvalue weighted by atomic mass is 28.4. The van der Waals surface area contributed by atoms with E-state index in [1.54, 1.807) is 12.1 Å². The van der Waals surface area contributed by atoms with Crippen LogP contribution in [0.15, 0.2) is 34.5 Å². The van der Waals surface area contributed by atoms with Gasteiger partial charge in [-0.25, -0.2) is 9.59 Å². The van der Waals surface area contributed by atoms with Crippen LogP contribution in [0.4, 0.5) is 9.59 Å². The second-order valence-electron chi connectivity index (χ2n) is 8.68. The number of carbonyl (C=O) groups is 2. The number of azo groups is 1. The summed E-state index contributed by atoms with van der Waals surface area (Å²) in [6.45, 7) is 14.6. The van der Waals surface area contributed by atoms with Crippen molar-refractivity contribution in [3.8, 4) is 5.75 Å². The smallest absolute Gasteiger partial charge is 0.458 e. The van der Waals surface area contributed by atoms with Crippen LogP contribution in [-0.2, 0) is 4.43 Å². The third-order valence-corrected chi connectivity index (χ3v) is 9.44. The number of carbonyl (C=O) groups excluding carboxylic acids is 2. The van der Waals surface area contributed by atoms with Gasteiger partial charge in [-0.3, -0.25) is 0 Å². The molecule has 0 heterocycles. The monoisotopic (exact) mass is 406 g/mol. The molecule has 0 N–H and O–H groups in total. The maximum atomic E-state index is 12.4. The molecule has 156 valence electrons. The van der Waals surface area contributed by atoms with Crippen LogP contribution in [0.2, 0.25) is 18.1 Å². The summed E-state index contributed by atoms with van der Waals surface area (Å²) in [6, 6.07) is 9.69. The lowest BCUT2D eigenvalue weighted by Crippen LogP contribution is -2.43. The van der Waals surface area contributed by atoms with Gasteiger partial charge >= 0.3 is 12.2 Å². The quantitative estimate of drug-likeness (QED) is 0.344. The van der Waals surface area contributed by atoms with Crippen molar-refractivity contribution in [1.82, 2.24) is 0 Å². The highest BCUT2D eigenvalue weighted by Crippen LogP contribution is 2.33. The van der Waals surface area contributed by atoms with Gasteiger partial charge < -0.3 is 9.16 Å². The summed E-state index contributed by atoms with van der Waals surface area (Å²) >= 11 is 0. The molecule has 0 fully saturated rings. The van der Waals surface area contributed by atoms with Crippen LogP contribution in [0.5, 0.6) is 5.75 Å². The molecular weight excluding hydrogens is 372 g/mol. The minimum absolute atomic E-state index is 0.392. The normalized spacial score (nSPS) is 12.2. The molecule has 2 amide bonds. The van der Waals surface area contributed by atoms with E-state index >= 15 is 0 Å². The van der Waals surface area contributed by atoms with Crippen LogP contribution in [0.25, 0.3) is 0 Å². The summed E-state index contributed by atoms with van der Waals surface area (Å²) in [5.74, 6) is 1.64. The number of benzene rings is 1. The van der Waals surface area contributed by atoms with Gasteiger partial charge in [-0.2, -0.15) is 0 Å². The molecular formula is C21H34N2O4Si. The number of aryl methyl sites for hydroxylation is 1. The highest BCUT2D eigenvalue weighted by Gasteiger charge is 2.40. The Balaban J connectivity index is 2.86. The second-order valence-corrected chi connectivity index (χ2v) is 12.5. The molecule has 0 aromatic heterocycles. The molecule has 0 saturated heterocycles. The molecule has 0 saturated carbocycles. The average Bonchev–Trinajstić information content (AvgIpc) is 2.52. The Bertz CT molecular complexity index is 660. The molecule has 0 radical (unpaired) electrons. The maximum Gasteiger partial charge on any atom is 0.458 e. The fourth-order valence-corrected chi connectivity index (χ4v) is 9.31. The first-order valence-electron chi connectivity index (χ1n) is 9.95. The summed E-state index contributed by atoms with van der Waals surface area (Å²) in [6.07, 6.45) is -1.73. The fraction of sp³-hybridized carbons (Fsp3) is 0.619. The molecule has 6 nitrogen and oxygen atoms in total. The van der Waals surface area contributed by atoms with Crippen molar-refractivity contribution in [2.24, 2.45) is 28.0 Å². The van der Waals surface area contributed by atoms with E-state index in [0.29, 0.717) is 23.5 Å². The fourth-order valence-electron chi connectivity index (χ4n) is 3.68. The van der Waals surface area contributed by atoms with Gasteiger partial charge in [0.05, 0.1) is 0 Å². The van der Waals surface area contributed by atoms with Crippen LogP contribution in [0.1, 0.15) is 47.1 Å². The van der Waals surface area contributed by atoms with Crippen LogP contribution in [-0.4, -0.2) is 20.5 Å². The zero-order valence-corrected chi connectivity index (χ0v) is 19.2. The molecule has 0 aliphatic heterocycles. The predicted octanol–water partition coefficient (Wildman–Crippen LogP) is 7.00. The third kappa shape index (κ3) is 8.78. The lowest BCUT2D eigenvalue weighted by atomic mass is 10.2. The van der Waals surface area contributed by atoms with E-state index in [1.165, 1.54) is 0 Å². The molecule has 0 unspecified atom stereocenters. The Hall–Kier alpha value is -2.02. The Labute approximate surface area is 169 Å². The lowest BCUT2D eigenvalue weighted by molar-refractivity contribution is 0.197. The summed E-state index contributed by atoms with van der Waals surface area (Å²) in [5, 5.41) is 6.87. The molecule has 1 aromatic rings. The zero-order chi connectivity index (χ0) is 21.3. The van der Waals surface area contributed by atoms with E-state index in [1.807, 2.05) is 19.1 Å². The lowest BCUT2D eigenvalue weighted by Gasteiger charge is -2.34. The van der Waals surface area contributed by atoms with Crippen LogP contribution < -0.4 is 4.74 Å². The van der Waals surface area contributed by atoms with Gasteiger partial charge in [0.15, 0.2) is 0 Å². The summed E-state index contributed by atoms with van der Waals surface area (Å²) in [5.41, 5.74) is 0.797. The van der Waals surface area contributed by atoms with Crippen molar-refractivity contribution >= 4 is 20.5 Å². The largest absolute Gasteiger partial charge is 0.501 e. The van der Waals surface area contributed by atoms with E-state index in [2.05, 4.69) is 51.8 Å². The molecule has 1 aromatic carbocycles. The van der Waals surface area contributed by atoms with Gasteiger partial charge in [-0.05, 0) is 54.4 Å². The van der Waals surface area contributed by atoms with Crippen LogP contribution in [0, 0.1) is 24.7 Å². The number of hydrogen-bond donors (Lipinski definition) is 0. The maximum absolute atomic E-state index is 12.4. The Kier molecular flexibility index (Phi) is 9.51. The number of nitrogens with zero attached hydrogens (tertiary/aromatic N) is 2. The van der Waals surface area contributed by atoms with Crippen molar-refractivity contribution in [1.29, 1.82) is 0 Å². The van der Waals surface area contributed by atoms with Crippen molar-refractivity contribution in [3.05, 3.63) is 29.8 Å². The molecule has 1 rings (SSSR count). The number of para-hydroxylation sites is 1. The predicted molar refractivity (Wildman–Crippen MR) is 113 cm³/mol. The number of amides is 2. The van der Waals surface area contributed by atoms with E-state index in [4.69, 9.17) is 9.16 Å². The number of ether oxygens (including phenoxy) is 1. The van der Waals surface area contributed by atoms with E-state index in [0.717, 1.165) is 23.7 Å². The van der Waals surface area contributed by atoms with Crippen molar-refractivity contribution in [3.63, 3.8) is 0 Å². The Morgan fingerprint density at radius 3 is 1.79 bits per heavy atom. The first-order chi connectivity index (χ1) is 13.0. The summed E-state index contributed by atoms with van der Waals surface area (Å²) < 4.78 is 11.1. The van der Waals surface area contributed by atoms with E-state index in [-0.39, 0.29) is 0 Å². The zero-order valence-electron chi connectivity index (χ0n) is 18.2. The highest BCUT2D eigenvalue weighted by molar-refractivity contribution is 6.75. The van der Waals surface area contributed by atoms with Crippen LogP contribution >= 0.6 is 0 Å². The van der Waals surface area contributed by atoms with Gasteiger partial charge in [0.1, 0.15) is 5.75 Å². The average molecular weight is 407 g/mol. The van der Waals surface area contributed by atoms with Gasteiger partial charge in [0.25, 0.3) is 8.32 Å². The summed E-state index contributed by atoms with van der Waals surface area (Å²) in [4.78, 5) is 24.3. The standard InChI is InChI=1S/C21H34N2O4Si/c1-15(2)12-28(13-16(3)4,14-17(5)6)27-21(25)23-22-20(24)26-19-11-9-8-10-18(19)7/h8-11,15-17H,12-14H2,1-7H3/b23-22+. The third-order valence-electron chi connectivity index (χ3n) is 4.15. The Morgan fingerprint density at radius 2 is 1.32 bits per heavy atom. The molecule has 0 aliphatic rings. The number of rotatable bonds is 8. The minimum Gasteiger partial charge on any atom is -0.501 e. The van der Waals surface area contributed by atoms with Crippen molar-refractivity contribution in [2.45, 2.75) is 66.6 Å². The first kappa shape index (κ1) is 24.0. The molecule has 0 atom stereocenters. The van der Waals surface area contributed by atoms with Gasteiger partial charge in [-0.1, -0.05) is 70.0 Å². The molecule has 0 spiro atoms. The van der Waals surface area contributed by atoms with E-state index in [9.17, 15) is 9.59 Å². The second kappa shape index (κ2) is 11.1. The first-order valence-corrected chi connectivity index (χ1v) is 12.5. The Morgan fingerprint density at radius 1 is 0.857 bits per heavy atom.